The van der Waals surface area contributed by atoms with E-state index in [4.69, 9.17) is 9.47 Å². The molecule has 0 aromatic heterocycles. The molecule has 0 fully saturated rings. The van der Waals surface area contributed by atoms with Crippen LogP contribution in [0.5, 0.6) is 0 Å². The highest BCUT2D eigenvalue weighted by molar-refractivity contribution is 5.94. The summed E-state index contributed by atoms with van der Waals surface area (Å²) in [4.78, 5) is 23.2. The predicted molar refractivity (Wildman–Crippen MR) is 102 cm³/mol. The number of rotatable bonds is 15. The van der Waals surface area contributed by atoms with Crippen LogP contribution in [0.15, 0.2) is 24.0 Å². The Hall–Kier alpha value is -1.58. The van der Waals surface area contributed by atoms with E-state index in [0.717, 1.165) is 12.8 Å². The first-order valence-electron chi connectivity index (χ1n) is 9.77. The van der Waals surface area contributed by atoms with Crippen molar-refractivity contribution < 1.29 is 19.1 Å². The smallest absolute Gasteiger partial charge is 0.373 e. The van der Waals surface area contributed by atoms with Crippen molar-refractivity contribution in [3.63, 3.8) is 0 Å². The third-order valence-electron chi connectivity index (χ3n) is 4.05. The Morgan fingerprint density at radius 3 is 1.88 bits per heavy atom. The predicted octanol–water partition coefficient (Wildman–Crippen LogP) is 5.86. The number of hydrogen-bond acceptors (Lipinski definition) is 4. The van der Waals surface area contributed by atoms with Crippen molar-refractivity contribution >= 4 is 11.9 Å². The maximum atomic E-state index is 11.8. The molecule has 0 aliphatic rings. The molecule has 0 rings (SSSR count). The van der Waals surface area contributed by atoms with Crippen LogP contribution in [0.3, 0.4) is 0 Å². The van der Waals surface area contributed by atoms with Gasteiger partial charge < -0.3 is 9.47 Å². The molecule has 0 unspecified atom stereocenters. The molecule has 144 valence electrons. The summed E-state index contributed by atoms with van der Waals surface area (Å²) in [6.45, 7) is 9.26. The fourth-order valence-electron chi connectivity index (χ4n) is 2.48. The molecule has 0 aliphatic heterocycles. The molecular formula is C21H36O4. The van der Waals surface area contributed by atoms with Gasteiger partial charge in [0, 0.05) is 5.57 Å². The molecule has 0 N–H and O–H groups in total. The first kappa shape index (κ1) is 23.4. The second kappa shape index (κ2) is 15.9. The van der Waals surface area contributed by atoms with Crippen LogP contribution >= 0.6 is 0 Å². The van der Waals surface area contributed by atoms with Crippen molar-refractivity contribution in [2.75, 3.05) is 6.61 Å². The van der Waals surface area contributed by atoms with Gasteiger partial charge in [-0.2, -0.15) is 0 Å². The molecule has 0 spiro atoms. The van der Waals surface area contributed by atoms with Gasteiger partial charge in [-0.05, 0) is 33.3 Å². The average Bonchev–Trinajstić information content (AvgIpc) is 2.59. The lowest BCUT2D eigenvalue weighted by molar-refractivity contribution is -0.149. The lowest BCUT2D eigenvalue weighted by Crippen LogP contribution is -2.14. The molecule has 0 atom stereocenters. The number of hydrogen-bond donors (Lipinski definition) is 0. The maximum Gasteiger partial charge on any atom is 0.373 e. The van der Waals surface area contributed by atoms with Gasteiger partial charge in [0.05, 0.1) is 6.61 Å². The summed E-state index contributed by atoms with van der Waals surface area (Å²) < 4.78 is 9.62. The Morgan fingerprint density at radius 2 is 1.36 bits per heavy atom. The summed E-state index contributed by atoms with van der Waals surface area (Å²) in [5.41, 5.74) is 0.501. The molecule has 0 saturated carbocycles. The third-order valence-corrected chi connectivity index (χ3v) is 4.05. The fraction of sp³-hybridized carbons (Fsp3) is 0.714. The number of unbranched alkanes of at least 4 members (excludes halogenated alkanes) is 10. The van der Waals surface area contributed by atoms with Crippen molar-refractivity contribution in [1.82, 2.24) is 0 Å². The lowest BCUT2D eigenvalue weighted by Gasteiger charge is -2.06. The van der Waals surface area contributed by atoms with Crippen LogP contribution in [-0.2, 0) is 19.1 Å². The van der Waals surface area contributed by atoms with Crippen LogP contribution in [-0.4, -0.2) is 18.5 Å². The average molecular weight is 353 g/mol. The van der Waals surface area contributed by atoms with E-state index in [1.54, 1.807) is 13.8 Å². The molecule has 4 heteroatoms. The van der Waals surface area contributed by atoms with Crippen molar-refractivity contribution in [2.45, 2.75) is 91.4 Å². The van der Waals surface area contributed by atoms with Crippen LogP contribution in [0, 0.1) is 0 Å². The van der Waals surface area contributed by atoms with E-state index in [9.17, 15) is 9.59 Å². The first-order valence-corrected chi connectivity index (χ1v) is 9.77. The topological polar surface area (TPSA) is 52.6 Å². The normalized spacial score (nSPS) is 11.2. The lowest BCUT2D eigenvalue weighted by atomic mass is 10.1. The maximum absolute atomic E-state index is 11.8. The molecule has 0 aromatic carbocycles. The molecule has 0 saturated heterocycles. The summed E-state index contributed by atoms with van der Waals surface area (Å²) in [5, 5.41) is 0. The van der Waals surface area contributed by atoms with Crippen molar-refractivity contribution in [3.05, 3.63) is 24.0 Å². The molecular weight excluding hydrogens is 316 g/mol. The third kappa shape index (κ3) is 13.4. The van der Waals surface area contributed by atoms with Crippen LogP contribution in [0.25, 0.3) is 0 Å². The number of carbonyl (C=O) groups excluding carboxylic acids is 2. The van der Waals surface area contributed by atoms with Crippen molar-refractivity contribution in [2.24, 2.45) is 0 Å². The Bertz CT molecular complexity index is 424. The fourth-order valence-corrected chi connectivity index (χ4v) is 2.48. The van der Waals surface area contributed by atoms with Crippen LogP contribution in [0.4, 0.5) is 0 Å². The Labute approximate surface area is 153 Å². The number of ether oxygens (including phenoxy) is 2. The summed E-state index contributed by atoms with van der Waals surface area (Å²) in [5.74, 6) is -1.50. The van der Waals surface area contributed by atoms with E-state index >= 15 is 0 Å². The van der Waals surface area contributed by atoms with Gasteiger partial charge in [0.1, 0.15) is 0 Å². The van der Waals surface area contributed by atoms with E-state index in [1.165, 1.54) is 57.8 Å². The largest absolute Gasteiger partial charge is 0.460 e. The van der Waals surface area contributed by atoms with E-state index in [-0.39, 0.29) is 12.4 Å². The molecule has 25 heavy (non-hydrogen) atoms. The Balaban J connectivity index is 3.71. The van der Waals surface area contributed by atoms with Gasteiger partial charge in [-0.25, -0.2) is 9.59 Å². The molecule has 0 radical (unpaired) electrons. The SMILES string of the molecule is C=C(OC(=O)/C(C)=C/CCCCCCCCCCCC)C(=O)OCC. The van der Waals surface area contributed by atoms with Gasteiger partial charge in [0.15, 0.2) is 0 Å². The zero-order valence-corrected chi connectivity index (χ0v) is 16.4. The van der Waals surface area contributed by atoms with Gasteiger partial charge >= 0.3 is 11.9 Å². The molecule has 0 bridgehead atoms. The summed E-state index contributed by atoms with van der Waals surface area (Å²) in [6, 6.07) is 0. The minimum absolute atomic E-state index is 0.225. The summed E-state index contributed by atoms with van der Waals surface area (Å²) >= 11 is 0. The van der Waals surface area contributed by atoms with Gasteiger partial charge in [0.2, 0.25) is 5.76 Å². The highest BCUT2D eigenvalue weighted by atomic mass is 16.6. The Morgan fingerprint density at radius 1 is 0.840 bits per heavy atom. The van der Waals surface area contributed by atoms with Gasteiger partial charge in [-0.15, -0.1) is 0 Å². The monoisotopic (exact) mass is 352 g/mol. The zero-order chi connectivity index (χ0) is 18.9. The standard InChI is InChI=1S/C21H36O4/c1-5-7-8-9-10-11-12-13-14-15-16-17-18(3)20(22)25-19(4)21(23)24-6-2/h17H,4-16H2,1-3H3/b18-17+. The minimum Gasteiger partial charge on any atom is -0.460 e. The Kier molecular flexibility index (Phi) is 14.9. The molecule has 4 nitrogen and oxygen atoms in total. The van der Waals surface area contributed by atoms with Crippen LogP contribution in [0.1, 0.15) is 91.4 Å². The molecule has 0 heterocycles. The molecule has 0 aliphatic carbocycles. The van der Waals surface area contributed by atoms with Gasteiger partial charge in [-0.1, -0.05) is 70.8 Å². The molecule has 0 amide bonds. The number of esters is 2. The van der Waals surface area contributed by atoms with E-state index in [0.29, 0.717) is 5.57 Å². The van der Waals surface area contributed by atoms with Gasteiger partial charge in [0.25, 0.3) is 0 Å². The number of carbonyl (C=O) groups is 2. The zero-order valence-electron chi connectivity index (χ0n) is 16.4. The second-order valence-electron chi connectivity index (χ2n) is 6.39. The van der Waals surface area contributed by atoms with Crippen molar-refractivity contribution in [3.8, 4) is 0 Å². The first-order chi connectivity index (χ1) is 12.0. The number of allylic oxidation sites excluding steroid dienone is 1. The van der Waals surface area contributed by atoms with Crippen LogP contribution < -0.4 is 0 Å². The van der Waals surface area contributed by atoms with Crippen molar-refractivity contribution in [1.29, 1.82) is 0 Å². The van der Waals surface area contributed by atoms with E-state index < -0.39 is 11.9 Å². The second-order valence-corrected chi connectivity index (χ2v) is 6.39. The van der Waals surface area contributed by atoms with E-state index in [1.807, 2.05) is 6.08 Å². The van der Waals surface area contributed by atoms with Crippen LogP contribution in [0.2, 0.25) is 0 Å². The minimum atomic E-state index is -0.696. The highest BCUT2D eigenvalue weighted by Gasteiger charge is 2.14. The van der Waals surface area contributed by atoms with Gasteiger partial charge in [-0.3, -0.25) is 0 Å². The summed E-state index contributed by atoms with van der Waals surface area (Å²) in [7, 11) is 0. The van der Waals surface area contributed by atoms with E-state index in [2.05, 4.69) is 13.5 Å². The highest BCUT2D eigenvalue weighted by Crippen LogP contribution is 2.12. The molecule has 0 aromatic rings. The quantitative estimate of drug-likeness (QED) is 0.160. The summed E-state index contributed by atoms with van der Waals surface area (Å²) in [6.07, 6.45) is 15.6.